The van der Waals surface area contributed by atoms with Crippen LogP contribution in [0.2, 0.25) is 0 Å². The molecule has 0 spiro atoms. The van der Waals surface area contributed by atoms with E-state index in [0.717, 1.165) is 18.0 Å². The summed E-state index contributed by atoms with van der Waals surface area (Å²) in [6.07, 6.45) is 2.52. The Kier molecular flexibility index (Phi) is 4.02. The van der Waals surface area contributed by atoms with E-state index in [1.54, 1.807) is 0 Å². The minimum absolute atomic E-state index is 0.151. The third-order valence-corrected chi connectivity index (χ3v) is 3.72. The summed E-state index contributed by atoms with van der Waals surface area (Å²) in [5.41, 5.74) is 7.20. The molecular formula is C15H22N2O. The second-order valence-electron chi connectivity index (χ2n) is 5.39. The van der Waals surface area contributed by atoms with Crippen LogP contribution in [0.3, 0.4) is 0 Å². The first-order valence-electron chi connectivity index (χ1n) is 6.65. The van der Waals surface area contributed by atoms with Crippen LogP contribution in [-0.4, -0.2) is 24.4 Å². The molecule has 2 rings (SSSR count). The van der Waals surface area contributed by atoms with Gasteiger partial charge >= 0.3 is 0 Å². The molecule has 98 valence electrons. The van der Waals surface area contributed by atoms with Gasteiger partial charge in [-0.2, -0.15) is 0 Å². The van der Waals surface area contributed by atoms with E-state index in [2.05, 4.69) is 0 Å². The Hall–Kier alpha value is -1.35. The van der Waals surface area contributed by atoms with Gasteiger partial charge in [0, 0.05) is 19.6 Å². The van der Waals surface area contributed by atoms with Crippen molar-refractivity contribution >= 4 is 5.91 Å². The molecule has 3 nitrogen and oxygen atoms in total. The third-order valence-electron chi connectivity index (χ3n) is 3.72. The van der Waals surface area contributed by atoms with E-state index in [9.17, 15) is 4.79 Å². The molecule has 1 saturated carbocycles. The van der Waals surface area contributed by atoms with Crippen LogP contribution in [-0.2, 0) is 4.79 Å². The lowest BCUT2D eigenvalue weighted by Gasteiger charge is -2.25. The lowest BCUT2D eigenvalue weighted by Crippen LogP contribution is -2.38. The van der Waals surface area contributed by atoms with Gasteiger partial charge in [-0.1, -0.05) is 37.3 Å². The first kappa shape index (κ1) is 13.1. The van der Waals surface area contributed by atoms with E-state index in [0.29, 0.717) is 0 Å². The highest BCUT2D eigenvalue weighted by Gasteiger charge is 2.29. The first-order valence-corrected chi connectivity index (χ1v) is 6.65. The molecule has 0 bridgehead atoms. The molecule has 1 amide bonds. The molecule has 0 saturated heterocycles. The van der Waals surface area contributed by atoms with Gasteiger partial charge in [-0.25, -0.2) is 0 Å². The van der Waals surface area contributed by atoms with Gasteiger partial charge in [0.15, 0.2) is 0 Å². The van der Waals surface area contributed by atoms with E-state index in [1.807, 2.05) is 49.2 Å². The number of carbonyl (C=O) groups excluding carboxylic acids is 1. The molecule has 2 atom stereocenters. The molecule has 0 radical (unpaired) electrons. The van der Waals surface area contributed by atoms with Crippen molar-refractivity contribution in [2.24, 2.45) is 17.6 Å². The maximum absolute atomic E-state index is 12.3. The summed E-state index contributed by atoms with van der Waals surface area (Å²) in [6.45, 7) is 2.80. The SMILES string of the molecule is CC(C(=O)N(C)CC1CC1)C(N)c1ccccc1. The van der Waals surface area contributed by atoms with Gasteiger partial charge in [-0.05, 0) is 24.3 Å². The van der Waals surface area contributed by atoms with E-state index in [4.69, 9.17) is 5.73 Å². The zero-order valence-electron chi connectivity index (χ0n) is 11.2. The number of amides is 1. The standard InChI is InChI=1S/C15H22N2O/c1-11(14(16)13-6-4-3-5-7-13)15(18)17(2)10-12-8-9-12/h3-7,11-12,14H,8-10,16H2,1-2H3. The summed E-state index contributed by atoms with van der Waals surface area (Å²) in [4.78, 5) is 14.1. The maximum atomic E-state index is 12.3. The Balaban J connectivity index is 1.96. The monoisotopic (exact) mass is 246 g/mol. The van der Waals surface area contributed by atoms with Crippen molar-refractivity contribution < 1.29 is 4.79 Å². The van der Waals surface area contributed by atoms with Crippen molar-refractivity contribution in [2.45, 2.75) is 25.8 Å². The fourth-order valence-electron chi connectivity index (χ4n) is 2.24. The lowest BCUT2D eigenvalue weighted by molar-refractivity contribution is -0.134. The van der Waals surface area contributed by atoms with E-state index >= 15 is 0 Å². The molecule has 1 fully saturated rings. The maximum Gasteiger partial charge on any atom is 0.227 e. The average Bonchev–Trinajstić information content (AvgIpc) is 3.21. The van der Waals surface area contributed by atoms with E-state index in [-0.39, 0.29) is 17.9 Å². The zero-order chi connectivity index (χ0) is 13.1. The molecule has 2 unspecified atom stereocenters. The molecule has 1 aliphatic rings. The molecule has 3 heteroatoms. The summed E-state index contributed by atoms with van der Waals surface area (Å²) in [5, 5.41) is 0. The largest absolute Gasteiger partial charge is 0.345 e. The van der Waals surface area contributed by atoms with Gasteiger partial charge in [-0.3, -0.25) is 4.79 Å². The fourth-order valence-corrected chi connectivity index (χ4v) is 2.24. The van der Waals surface area contributed by atoms with E-state index < -0.39 is 0 Å². The number of nitrogens with two attached hydrogens (primary N) is 1. The average molecular weight is 246 g/mol. The van der Waals surface area contributed by atoms with Crippen LogP contribution in [0.1, 0.15) is 31.4 Å². The molecule has 0 aromatic heterocycles. The van der Waals surface area contributed by atoms with Crippen LogP contribution >= 0.6 is 0 Å². The van der Waals surface area contributed by atoms with Gasteiger partial charge in [0.1, 0.15) is 0 Å². The molecule has 1 aliphatic carbocycles. The molecule has 1 aromatic rings. The summed E-state index contributed by atoms with van der Waals surface area (Å²) in [7, 11) is 1.88. The van der Waals surface area contributed by atoms with Crippen molar-refractivity contribution in [2.75, 3.05) is 13.6 Å². The third kappa shape index (κ3) is 3.10. The number of rotatable bonds is 5. The Bertz CT molecular complexity index is 400. The van der Waals surface area contributed by atoms with Crippen LogP contribution < -0.4 is 5.73 Å². The summed E-state index contributed by atoms with van der Waals surface area (Å²) >= 11 is 0. The number of carbonyl (C=O) groups is 1. The number of nitrogens with zero attached hydrogens (tertiary/aromatic N) is 1. The topological polar surface area (TPSA) is 46.3 Å². The van der Waals surface area contributed by atoms with Crippen LogP contribution in [0.5, 0.6) is 0 Å². The highest BCUT2D eigenvalue weighted by atomic mass is 16.2. The Labute approximate surface area is 109 Å². The number of hydrogen-bond donors (Lipinski definition) is 1. The highest BCUT2D eigenvalue weighted by molar-refractivity contribution is 5.79. The van der Waals surface area contributed by atoms with Crippen LogP contribution in [0, 0.1) is 11.8 Å². The van der Waals surface area contributed by atoms with Crippen LogP contribution in [0.15, 0.2) is 30.3 Å². The normalized spacial score (nSPS) is 18.2. The highest BCUT2D eigenvalue weighted by Crippen LogP contribution is 2.30. The van der Waals surface area contributed by atoms with Crippen molar-refractivity contribution in [1.29, 1.82) is 0 Å². The minimum atomic E-state index is -0.222. The van der Waals surface area contributed by atoms with Crippen LogP contribution in [0.25, 0.3) is 0 Å². The van der Waals surface area contributed by atoms with Crippen molar-refractivity contribution in [1.82, 2.24) is 4.90 Å². The molecule has 0 heterocycles. The van der Waals surface area contributed by atoms with Crippen LogP contribution in [0.4, 0.5) is 0 Å². The van der Waals surface area contributed by atoms with E-state index in [1.165, 1.54) is 12.8 Å². The fraction of sp³-hybridized carbons (Fsp3) is 0.533. The van der Waals surface area contributed by atoms with Crippen molar-refractivity contribution in [3.8, 4) is 0 Å². The second kappa shape index (κ2) is 5.53. The first-order chi connectivity index (χ1) is 8.59. The molecule has 1 aromatic carbocycles. The summed E-state index contributed by atoms with van der Waals surface area (Å²) < 4.78 is 0. The van der Waals surface area contributed by atoms with Gasteiger partial charge < -0.3 is 10.6 Å². The molecule has 0 aliphatic heterocycles. The predicted molar refractivity (Wildman–Crippen MR) is 72.9 cm³/mol. The Morgan fingerprint density at radius 3 is 2.56 bits per heavy atom. The molecule has 18 heavy (non-hydrogen) atoms. The molecular weight excluding hydrogens is 224 g/mol. The van der Waals surface area contributed by atoms with Gasteiger partial charge in [0.2, 0.25) is 5.91 Å². The van der Waals surface area contributed by atoms with Crippen molar-refractivity contribution in [3.05, 3.63) is 35.9 Å². The Morgan fingerprint density at radius 1 is 1.39 bits per heavy atom. The summed E-state index contributed by atoms with van der Waals surface area (Å²) in [6, 6.07) is 9.62. The predicted octanol–water partition coefficient (Wildman–Crippen LogP) is 2.19. The quantitative estimate of drug-likeness (QED) is 0.865. The van der Waals surface area contributed by atoms with Gasteiger partial charge in [-0.15, -0.1) is 0 Å². The second-order valence-corrected chi connectivity index (χ2v) is 5.39. The number of hydrogen-bond acceptors (Lipinski definition) is 2. The molecule has 2 N–H and O–H groups in total. The van der Waals surface area contributed by atoms with Crippen molar-refractivity contribution in [3.63, 3.8) is 0 Å². The van der Waals surface area contributed by atoms with Gasteiger partial charge in [0.25, 0.3) is 0 Å². The number of benzene rings is 1. The minimum Gasteiger partial charge on any atom is -0.345 e. The summed E-state index contributed by atoms with van der Waals surface area (Å²) in [5.74, 6) is 0.702. The van der Waals surface area contributed by atoms with Gasteiger partial charge in [0.05, 0.1) is 5.92 Å². The Morgan fingerprint density at radius 2 is 2.00 bits per heavy atom. The smallest absolute Gasteiger partial charge is 0.227 e. The lowest BCUT2D eigenvalue weighted by atomic mass is 9.94. The zero-order valence-corrected chi connectivity index (χ0v) is 11.2.